The Morgan fingerprint density at radius 3 is 2.39 bits per heavy atom. The fourth-order valence-electron chi connectivity index (χ4n) is 5.23. The quantitative estimate of drug-likeness (QED) is 0.415. The van der Waals surface area contributed by atoms with Crippen LogP contribution in [0.2, 0.25) is 0 Å². The lowest BCUT2D eigenvalue weighted by atomic mass is 9.83. The summed E-state index contributed by atoms with van der Waals surface area (Å²) >= 11 is 0. The number of nitrogens with one attached hydrogen (secondary N) is 3. The zero-order valence-electron chi connectivity index (χ0n) is 23.1. The Balaban J connectivity index is 1.50. The van der Waals surface area contributed by atoms with Crippen LogP contribution in [0.4, 0.5) is 15.4 Å². The van der Waals surface area contributed by atoms with Gasteiger partial charge in [0.15, 0.2) is 5.82 Å². The highest BCUT2D eigenvalue weighted by Gasteiger charge is 2.51. The van der Waals surface area contributed by atoms with Crippen molar-refractivity contribution >= 4 is 33.9 Å². The number of carbonyl (C=O) groups is 3. The topological polar surface area (TPSA) is 126 Å². The molecule has 1 atom stereocenters. The molecule has 1 aliphatic heterocycles. The van der Waals surface area contributed by atoms with Gasteiger partial charge in [-0.2, -0.15) is 5.10 Å². The van der Waals surface area contributed by atoms with E-state index < -0.39 is 27.8 Å². The number of aromatic amines is 1. The number of carbonyl (C=O) groups excluding carboxylic acids is 3. The van der Waals surface area contributed by atoms with E-state index in [4.69, 9.17) is 9.47 Å². The summed E-state index contributed by atoms with van der Waals surface area (Å²) in [4.78, 5) is 40.5. The molecule has 0 spiro atoms. The Morgan fingerprint density at radius 1 is 1.13 bits per heavy atom. The van der Waals surface area contributed by atoms with Crippen LogP contribution >= 0.6 is 10.0 Å². The third-order valence-corrected chi connectivity index (χ3v) is 10.8. The first-order valence-electron chi connectivity index (χ1n) is 12.9. The molecule has 3 N–H and O–H groups in total. The molecule has 38 heavy (non-hydrogen) atoms. The normalized spacial score (nSPS) is 18.5. The highest BCUT2D eigenvalue weighted by Crippen LogP contribution is 2.60. The monoisotopic (exact) mass is 545 g/mol. The van der Waals surface area contributed by atoms with Crippen LogP contribution in [0, 0.1) is 0 Å². The minimum absolute atomic E-state index is 0.0153. The number of anilines is 1. The summed E-state index contributed by atoms with van der Waals surface area (Å²) in [6.07, 6.45) is 8.60. The molecule has 0 saturated heterocycles. The first kappa shape index (κ1) is 27.8. The third kappa shape index (κ3) is 5.08. The van der Waals surface area contributed by atoms with E-state index >= 15 is 0 Å². The van der Waals surface area contributed by atoms with Crippen molar-refractivity contribution in [3.05, 3.63) is 47.2 Å². The van der Waals surface area contributed by atoms with Crippen LogP contribution in [0.25, 0.3) is 0 Å². The molecule has 0 bridgehead atoms. The lowest BCUT2D eigenvalue weighted by molar-refractivity contribution is -0.120. The maximum atomic E-state index is 13.6. The number of fused-ring (bicyclic) bond motifs is 1. The van der Waals surface area contributed by atoms with Crippen molar-refractivity contribution in [1.82, 2.24) is 20.4 Å². The van der Waals surface area contributed by atoms with Gasteiger partial charge in [0.25, 0.3) is 0 Å². The maximum absolute atomic E-state index is 13.6. The lowest BCUT2D eigenvalue weighted by Crippen LogP contribution is -2.51. The van der Waals surface area contributed by atoms with Crippen molar-refractivity contribution in [2.24, 2.45) is 0 Å². The second kappa shape index (κ2) is 10.5. The molecule has 1 aliphatic carbocycles. The summed E-state index contributed by atoms with van der Waals surface area (Å²) in [5.74, 6) is 0.495. The van der Waals surface area contributed by atoms with Gasteiger partial charge in [-0.25, -0.2) is 19.6 Å². The first-order chi connectivity index (χ1) is 17.9. The Morgan fingerprint density at radius 2 is 1.82 bits per heavy atom. The van der Waals surface area contributed by atoms with Crippen LogP contribution in [-0.2, 0) is 26.4 Å². The molecular formula is C27H39N5O5S. The number of amides is 3. The van der Waals surface area contributed by atoms with E-state index in [9.17, 15) is 14.4 Å². The highest BCUT2D eigenvalue weighted by atomic mass is 32.3. The van der Waals surface area contributed by atoms with E-state index in [1.165, 1.54) is 0 Å². The smallest absolute Gasteiger partial charge is 0.435 e. The molecular weight excluding hydrogens is 506 g/mol. The molecule has 1 aromatic carbocycles. The first-order valence-corrected chi connectivity index (χ1v) is 15.8. The van der Waals surface area contributed by atoms with Crippen molar-refractivity contribution in [3.63, 3.8) is 0 Å². The average molecular weight is 546 g/mol. The zero-order valence-corrected chi connectivity index (χ0v) is 23.9. The van der Waals surface area contributed by atoms with Crippen molar-refractivity contribution in [3.8, 4) is 0 Å². The van der Waals surface area contributed by atoms with Gasteiger partial charge in [-0.15, -0.1) is 0 Å². The van der Waals surface area contributed by atoms with E-state index in [1.54, 1.807) is 11.8 Å². The molecule has 2 aliphatic rings. The predicted molar refractivity (Wildman–Crippen MR) is 148 cm³/mol. The van der Waals surface area contributed by atoms with E-state index in [0.717, 1.165) is 36.1 Å². The molecule has 10 nitrogen and oxygen atoms in total. The largest absolute Gasteiger partial charge is 0.508 e. The van der Waals surface area contributed by atoms with Gasteiger partial charge in [0.1, 0.15) is 6.61 Å². The van der Waals surface area contributed by atoms with Crippen LogP contribution in [0.15, 0.2) is 30.3 Å². The van der Waals surface area contributed by atoms with E-state index in [2.05, 4.69) is 39.6 Å². The summed E-state index contributed by atoms with van der Waals surface area (Å²) in [5.41, 5.74) is 1.68. The SMILES string of the molecule is CCOC(=O)OC[C@@H](NC(=O)N1Cc2c(NC(=O)C3(S(C)(C)C)CCC3)n[nH]c2C1(C)C)c1ccccc1. The Labute approximate surface area is 225 Å². The van der Waals surface area contributed by atoms with Crippen molar-refractivity contribution in [2.75, 3.05) is 37.3 Å². The van der Waals surface area contributed by atoms with Crippen LogP contribution in [-0.4, -0.2) is 69.9 Å². The van der Waals surface area contributed by atoms with Crippen LogP contribution < -0.4 is 10.6 Å². The van der Waals surface area contributed by atoms with Gasteiger partial charge in [-0.05, 0) is 64.4 Å². The molecule has 0 radical (unpaired) electrons. The number of rotatable bonds is 8. The summed E-state index contributed by atoms with van der Waals surface area (Å²) < 4.78 is 9.77. The van der Waals surface area contributed by atoms with Gasteiger partial charge < -0.3 is 25.0 Å². The van der Waals surface area contributed by atoms with Gasteiger partial charge in [0, 0.05) is 5.56 Å². The summed E-state index contributed by atoms with van der Waals surface area (Å²) in [7, 11) is -1.12. The van der Waals surface area contributed by atoms with Gasteiger partial charge in [0.2, 0.25) is 5.91 Å². The lowest BCUT2D eigenvalue weighted by Gasteiger charge is -2.53. The van der Waals surface area contributed by atoms with Gasteiger partial charge in [-0.3, -0.25) is 9.89 Å². The predicted octanol–water partition coefficient (Wildman–Crippen LogP) is 4.64. The number of nitrogens with zero attached hydrogens (tertiary/aromatic N) is 2. The van der Waals surface area contributed by atoms with Crippen LogP contribution in [0.3, 0.4) is 0 Å². The molecule has 2 heterocycles. The number of hydrogen-bond donors (Lipinski definition) is 3. The average Bonchev–Trinajstić information content (AvgIpc) is 3.33. The van der Waals surface area contributed by atoms with E-state index in [0.29, 0.717) is 5.82 Å². The molecule has 1 fully saturated rings. The second-order valence-corrected chi connectivity index (χ2v) is 15.6. The summed E-state index contributed by atoms with van der Waals surface area (Å²) in [5, 5.41) is 13.6. The standard InChI is InChI=1S/C27H39N5O5S/c1-7-36-25(35)37-17-20(18-12-9-8-10-13-18)28-24(34)32-16-19-21(26(32,2)3)30-31-22(19)29-23(33)27(14-11-15-27)38(4,5)6/h8-10,12-13,20H,7,11,14-17H2,1-6H3,(H,28,34)(H2,29,30,31,33)/t20-/m1/s1. The van der Waals surface area contributed by atoms with E-state index in [1.807, 2.05) is 44.2 Å². The fourth-order valence-corrected chi connectivity index (χ4v) is 7.35. The Kier molecular flexibility index (Phi) is 7.69. The van der Waals surface area contributed by atoms with E-state index in [-0.39, 0.29) is 36.4 Å². The summed E-state index contributed by atoms with van der Waals surface area (Å²) in [6, 6.07) is 8.42. The molecule has 208 valence electrons. The molecule has 11 heteroatoms. The highest BCUT2D eigenvalue weighted by molar-refractivity contribution is 8.33. The Bertz CT molecular complexity index is 1190. The molecule has 4 rings (SSSR count). The number of ether oxygens (including phenoxy) is 2. The van der Waals surface area contributed by atoms with Crippen LogP contribution in [0.1, 0.15) is 62.9 Å². The van der Waals surface area contributed by atoms with Crippen molar-refractivity contribution in [2.45, 2.75) is 62.9 Å². The number of urea groups is 1. The fraction of sp³-hybridized carbons (Fsp3) is 0.556. The second-order valence-electron chi connectivity index (χ2n) is 11.1. The third-order valence-electron chi connectivity index (χ3n) is 7.82. The minimum Gasteiger partial charge on any atom is -0.435 e. The number of aromatic nitrogens is 2. The van der Waals surface area contributed by atoms with Gasteiger partial charge in [0.05, 0.1) is 35.2 Å². The summed E-state index contributed by atoms with van der Waals surface area (Å²) in [6.45, 7) is 5.96. The maximum Gasteiger partial charge on any atom is 0.508 e. The van der Waals surface area contributed by atoms with Gasteiger partial charge >= 0.3 is 12.2 Å². The zero-order chi connectivity index (χ0) is 27.7. The molecule has 0 unspecified atom stereocenters. The molecule has 1 aromatic heterocycles. The van der Waals surface area contributed by atoms with Crippen molar-refractivity contribution < 1.29 is 23.9 Å². The number of hydrogen-bond acceptors (Lipinski definition) is 6. The molecule has 2 aromatic rings. The number of benzene rings is 1. The van der Waals surface area contributed by atoms with Gasteiger partial charge in [-0.1, -0.05) is 30.3 Å². The molecule has 1 saturated carbocycles. The Hall–Kier alpha value is -3.21. The van der Waals surface area contributed by atoms with Crippen LogP contribution in [0.5, 0.6) is 0 Å². The molecule has 3 amide bonds. The number of H-pyrrole nitrogens is 1. The van der Waals surface area contributed by atoms with Crippen molar-refractivity contribution in [1.29, 1.82) is 0 Å². The minimum atomic E-state index is -1.12.